The van der Waals surface area contributed by atoms with Crippen LogP contribution in [0.25, 0.3) is 10.9 Å². The maximum absolute atomic E-state index is 12.6. The maximum atomic E-state index is 12.6. The Morgan fingerprint density at radius 3 is 2.57 bits per heavy atom. The molecule has 1 aliphatic carbocycles. The van der Waals surface area contributed by atoms with E-state index in [9.17, 15) is 18.0 Å². The molecule has 1 aliphatic rings. The number of amides is 1. The zero-order valence-electron chi connectivity index (χ0n) is 14.9. The summed E-state index contributed by atoms with van der Waals surface area (Å²) in [5.74, 6) is -0.365. The second-order valence-corrected chi connectivity index (χ2v) is 6.87. The lowest BCUT2D eigenvalue weighted by Crippen LogP contribution is -2.17. The highest BCUT2D eigenvalue weighted by Crippen LogP contribution is 2.30. The first kappa shape index (κ1) is 18.3. The van der Waals surface area contributed by atoms with Crippen molar-refractivity contribution in [3.05, 3.63) is 70.4 Å². The molecule has 0 atom stereocenters. The van der Waals surface area contributed by atoms with Gasteiger partial charge in [-0.2, -0.15) is 18.3 Å². The average molecular weight is 385 g/mol. The van der Waals surface area contributed by atoms with E-state index in [2.05, 4.69) is 15.5 Å². The van der Waals surface area contributed by atoms with Crippen LogP contribution in [0, 0.1) is 0 Å². The van der Waals surface area contributed by atoms with E-state index in [0.29, 0.717) is 11.1 Å². The Labute approximate surface area is 159 Å². The summed E-state index contributed by atoms with van der Waals surface area (Å²) in [4.78, 5) is 15.8. The van der Waals surface area contributed by atoms with Crippen molar-refractivity contribution in [2.45, 2.75) is 31.9 Å². The molecule has 28 heavy (non-hydrogen) atoms. The lowest BCUT2D eigenvalue weighted by Gasteiger charge is -2.10. The number of rotatable bonds is 3. The predicted molar refractivity (Wildman–Crippen MR) is 101 cm³/mol. The third kappa shape index (κ3) is 3.65. The summed E-state index contributed by atoms with van der Waals surface area (Å²) in [5.41, 5.74) is 6.21. The highest BCUT2D eigenvalue weighted by molar-refractivity contribution is 5.99. The second-order valence-electron chi connectivity index (χ2n) is 6.87. The number of hydrogen-bond donors (Lipinski definition) is 2. The van der Waals surface area contributed by atoms with Crippen molar-refractivity contribution in [3.8, 4) is 0 Å². The van der Waals surface area contributed by atoms with Gasteiger partial charge in [0.15, 0.2) is 0 Å². The number of carbonyl (C=O) groups excluding carboxylic acids is 1. The lowest BCUT2D eigenvalue weighted by molar-refractivity contribution is -0.137. The fraction of sp³-hybridized carbons (Fsp3) is 0.238. The molecule has 1 aromatic heterocycles. The number of nitrogens with zero attached hydrogens (tertiary/aromatic N) is 1. The lowest BCUT2D eigenvalue weighted by atomic mass is 9.95. The first-order valence-corrected chi connectivity index (χ1v) is 9.06. The molecule has 0 saturated heterocycles. The van der Waals surface area contributed by atoms with E-state index in [1.54, 1.807) is 6.07 Å². The Morgan fingerprint density at radius 2 is 1.82 bits per heavy atom. The molecule has 0 saturated carbocycles. The largest absolute Gasteiger partial charge is 0.416 e. The number of H-pyrrole nitrogens is 1. The fourth-order valence-electron chi connectivity index (χ4n) is 3.54. The van der Waals surface area contributed by atoms with E-state index in [0.717, 1.165) is 42.3 Å². The van der Waals surface area contributed by atoms with Gasteiger partial charge in [-0.25, -0.2) is 5.43 Å². The van der Waals surface area contributed by atoms with Gasteiger partial charge in [0, 0.05) is 22.2 Å². The Kier molecular flexibility index (Phi) is 4.66. The molecule has 7 heteroatoms. The number of hydrogen-bond acceptors (Lipinski definition) is 2. The standard InChI is InChI=1S/C21H18F3N3O/c22-21(23,24)15-8-5-13(6-9-15)12-25-27-20(28)14-7-10-19-17(11-14)16-3-1-2-4-18(16)26-19/h5-12,26H,1-4H2,(H,27,28)/b25-12-. The van der Waals surface area contributed by atoms with E-state index >= 15 is 0 Å². The highest BCUT2D eigenvalue weighted by atomic mass is 19.4. The van der Waals surface area contributed by atoms with Gasteiger partial charge in [-0.15, -0.1) is 0 Å². The minimum atomic E-state index is -4.38. The molecule has 4 rings (SSSR count). The third-order valence-electron chi connectivity index (χ3n) is 4.98. The van der Waals surface area contributed by atoms with Crippen molar-refractivity contribution < 1.29 is 18.0 Å². The Balaban J connectivity index is 1.47. The van der Waals surface area contributed by atoms with Crippen LogP contribution in [0.15, 0.2) is 47.6 Å². The van der Waals surface area contributed by atoms with Crippen molar-refractivity contribution >= 4 is 23.0 Å². The summed E-state index contributed by atoms with van der Waals surface area (Å²) in [6, 6.07) is 10.0. The minimum Gasteiger partial charge on any atom is -0.358 e. The number of nitrogens with one attached hydrogen (secondary N) is 2. The van der Waals surface area contributed by atoms with Crippen molar-refractivity contribution in [2.75, 3.05) is 0 Å². The van der Waals surface area contributed by atoms with Crippen molar-refractivity contribution in [1.82, 2.24) is 10.4 Å². The monoisotopic (exact) mass is 385 g/mol. The van der Waals surface area contributed by atoms with Gasteiger partial charge in [-0.3, -0.25) is 4.79 Å². The van der Waals surface area contributed by atoms with E-state index < -0.39 is 11.7 Å². The number of aromatic amines is 1. The normalized spacial score (nSPS) is 14.4. The maximum Gasteiger partial charge on any atom is 0.416 e. The highest BCUT2D eigenvalue weighted by Gasteiger charge is 2.29. The SMILES string of the molecule is O=C(N/N=C\c1ccc(C(F)(F)F)cc1)c1ccc2[nH]c3c(c2c1)CCCC3. The van der Waals surface area contributed by atoms with Crippen LogP contribution in [-0.4, -0.2) is 17.1 Å². The summed E-state index contributed by atoms with van der Waals surface area (Å²) in [6.07, 6.45) is 1.30. The Bertz CT molecular complexity index is 1050. The second kappa shape index (κ2) is 7.14. The summed E-state index contributed by atoms with van der Waals surface area (Å²) < 4.78 is 37.7. The Hall–Kier alpha value is -3.09. The number of aryl methyl sites for hydroxylation is 2. The molecule has 144 valence electrons. The topological polar surface area (TPSA) is 57.2 Å². The number of aromatic nitrogens is 1. The van der Waals surface area contributed by atoms with Crippen LogP contribution < -0.4 is 5.43 Å². The zero-order chi connectivity index (χ0) is 19.7. The Morgan fingerprint density at radius 1 is 1.07 bits per heavy atom. The molecule has 0 aliphatic heterocycles. The average Bonchev–Trinajstić information content (AvgIpc) is 3.05. The molecule has 3 aromatic rings. The van der Waals surface area contributed by atoms with Gasteiger partial charge >= 0.3 is 6.18 Å². The van der Waals surface area contributed by atoms with E-state index in [-0.39, 0.29) is 5.91 Å². The number of alkyl halides is 3. The van der Waals surface area contributed by atoms with Gasteiger partial charge in [0.05, 0.1) is 11.8 Å². The molecular weight excluding hydrogens is 367 g/mol. The molecule has 0 bridgehead atoms. The van der Waals surface area contributed by atoms with E-state index in [4.69, 9.17) is 0 Å². The zero-order valence-corrected chi connectivity index (χ0v) is 14.9. The number of fused-ring (bicyclic) bond motifs is 3. The van der Waals surface area contributed by atoms with Crippen LogP contribution in [0.5, 0.6) is 0 Å². The number of hydrazone groups is 1. The van der Waals surface area contributed by atoms with E-state index in [1.165, 1.54) is 36.0 Å². The smallest absolute Gasteiger partial charge is 0.358 e. The van der Waals surface area contributed by atoms with Gasteiger partial charge in [-0.05, 0) is 67.1 Å². The summed E-state index contributed by atoms with van der Waals surface area (Å²) >= 11 is 0. The van der Waals surface area contributed by atoms with Crippen LogP contribution in [0.3, 0.4) is 0 Å². The predicted octanol–water partition coefficient (Wildman–Crippen LogP) is 4.83. The summed E-state index contributed by atoms with van der Waals surface area (Å²) in [5, 5.41) is 4.92. The molecule has 0 radical (unpaired) electrons. The molecule has 2 aromatic carbocycles. The number of benzene rings is 2. The van der Waals surface area contributed by atoms with Gasteiger partial charge in [0.2, 0.25) is 0 Å². The minimum absolute atomic E-state index is 0.365. The van der Waals surface area contributed by atoms with Gasteiger partial charge in [-0.1, -0.05) is 12.1 Å². The van der Waals surface area contributed by atoms with Crippen molar-refractivity contribution in [2.24, 2.45) is 5.10 Å². The molecule has 2 N–H and O–H groups in total. The summed E-state index contributed by atoms with van der Waals surface area (Å²) in [6.45, 7) is 0. The van der Waals surface area contributed by atoms with Crippen LogP contribution in [0.2, 0.25) is 0 Å². The molecule has 0 fully saturated rings. The van der Waals surface area contributed by atoms with Crippen LogP contribution in [0.4, 0.5) is 13.2 Å². The van der Waals surface area contributed by atoms with Crippen LogP contribution in [0.1, 0.15) is 45.6 Å². The first-order chi connectivity index (χ1) is 13.4. The van der Waals surface area contributed by atoms with Crippen molar-refractivity contribution in [1.29, 1.82) is 0 Å². The first-order valence-electron chi connectivity index (χ1n) is 9.06. The molecule has 1 heterocycles. The molecule has 0 spiro atoms. The molecule has 4 nitrogen and oxygen atoms in total. The van der Waals surface area contributed by atoms with Gasteiger partial charge < -0.3 is 4.98 Å². The quantitative estimate of drug-likeness (QED) is 0.492. The van der Waals surface area contributed by atoms with Gasteiger partial charge in [0.25, 0.3) is 5.91 Å². The number of carbonyl (C=O) groups is 1. The van der Waals surface area contributed by atoms with Crippen molar-refractivity contribution in [3.63, 3.8) is 0 Å². The van der Waals surface area contributed by atoms with Crippen LogP contribution in [-0.2, 0) is 19.0 Å². The molecular formula is C21H18F3N3O. The third-order valence-corrected chi connectivity index (χ3v) is 4.98. The molecule has 0 unspecified atom stereocenters. The summed E-state index contributed by atoms with van der Waals surface area (Å²) in [7, 11) is 0. The molecule has 1 amide bonds. The van der Waals surface area contributed by atoms with E-state index in [1.807, 2.05) is 12.1 Å². The fourth-order valence-corrected chi connectivity index (χ4v) is 3.54. The number of halogens is 3. The van der Waals surface area contributed by atoms with Gasteiger partial charge in [0.1, 0.15) is 0 Å². The van der Waals surface area contributed by atoms with Crippen LogP contribution >= 0.6 is 0 Å².